The molecule has 7 aromatic heterocycles. The molecule has 8 nitrogen and oxygen atoms in total. The number of hydrogen-bond acceptors (Lipinski definition) is 7. The normalized spacial score (nSPS) is 11.4. The fraction of sp³-hybridized carbons (Fsp3) is 0. The first-order valence-electron chi connectivity index (χ1n) is 48.4. The molecule has 0 unspecified atom stereocenters. The van der Waals surface area contributed by atoms with Crippen LogP contribution in [0, 0.1) is 0 Å². The van der Waals surface area contributed by atoms with Crippen LogP contribution in [0.1, 0.15) is 0 Å². The Balaban J connectivity index is 0.000000114. The van der Waals surface area contributed by atoms with Crippen molar-refractivity contribution in [1.29, 1.82) is 0 Å². The molecule has 0 fully saturated rings. The van der Waals surface area contributed by atoms with E-state index in [1.165, 1.54) is 170 Å². The Hall–Kier alpha value is -19.2. The largest absolute Gasteiger partial charge is 0.292 e. The molecule has 7 heterocycles. The summed E-state index contributed by atoms with van der Waals surface area (Å²) >= 11 is 0. The van der Waals surface area contributed by atoms with Gasteiger partial charge in [0.25, 0.3) is 0 Å². The lowest BCUT2D eigenvalue weighted by molar-refractivity contribution is 1.10. The molecule has 0 atom stereocenters. The molecule has 0 amide bonds. The van der Waals surface area contributed by atoms with Crippen molar-refractivity contribution in [2.75, 3.05) is 0 Å². The molecule has 8 heteroatoms. The van der Waals surface area contributed by atoms with Crippen molar-refractivity contribution in [3.05, 3.63) is 535 Å². The van der Waals surface area contributed by atoms with E-state index < -0.39 is 0 Å². The van der Waals surface area contributed by atoms with Crippen molar-refractivity contribution in [2.45, 2.75) is 0 Å². The minimum Gasteiger partial charge on any atom is -0.292 e. The van der Waals surface area contributed by atoms with Crippen LogP contribution in [-0.2, 0) is 0 Å². The van der Waals surface area contributed by atoms with E-state index in [2.05, 4.69) is 473 Å². The predicted molar refractivity (Wildman–Crippen MR) is 597 cm³/mol. The zero-order chi connectivity index (χ0) is 94.9. The topological polar surface area (TPSA) is 95.2 Å². The maximum Gasteiger partial charge on any atom is 0.145 e. The molecule has 20 aromatic carbocycles. The number of rotatable bonds is 15. The summed E-state index contributed by atoms with van der Waals surface area (Å²) < 4.78 is 2.26. The first-order valence-corrected chi connectivity index (χ1v) is 48.4. The van der Waals surface area contributed by atoms with E-state index in [1.54, 1.807) is 12.4 Å². The second-order valence-electron chi connectivity index (χ2n) is 36.1. The van der Waals surface area contributed by atoms with Gasteiger partial charge in [-0.3, -0.25) is 34.5 Å². The Morgan fingerprint density at radius 3 is 0.867 bits per heavy atom. The highest BCUT2D eigenvalue weighted by Gasteiger charge is 2.25. The van der Waals surface area contributed by atoms with Gasteiger partial charge in [0.05, 0.1) is 33.8 Å². The maximum atomic E-state index is 5.12. The van der Waals surface area contributed by atoms with E-state index in [9.17, 15) is 0 Å². The molecule has 27 rings (SSSR count). The summed E-state index contributed by atoms with van der Waals surface area (Å²) in [6, 6.07) is 174. The molecular formula is C135H88N8. The van der Waals surface area contributed by atoms with Gasteiger partial charge in [-0.15, -0.1) is 0 Å². The third kappa shape index (κ3) is 16.5. The Morgan fingerprint density at radius 2 is 0.448 bits per heavy atom. The van der Waals surface area contributed by atoms with Crippen LogP contribution in [0.5, 0.6) is 0 Å². The van der Waals surface area contributed by atoms with Crippen molar-refractivity contribution in [2.24, 2.45) is 0 Å². The number of hydrogen-bond donors (Lipinski definition) is 0. The fourth-order valence-electron chi connectivity index (χ4n) is 21.0. The molecule has 27 aromatic rings. The zero-order valence-corrected chi connectivity index (χ0v) is 77.9. The summed E-state index contributed by atoms with van der Waals surface area (Å²) in [5, 5.41) is 19.6. The van der Waals surface area contributed by atoms with E-state index in [-0.39, 0.29) is 0 Å². The third-order valence-electron chi connectivity index (χ3n) is 27.7. The van der Waals surface area contributed by atoms with E-state index in [0.717, 1.165) is 89.8 Å². The third-order valence-corrected chi connectivity index (χ3v) is 27.7. The van der Waals surface area contributed by atoms with Gasteiger partial charge < -0.3 is 0 Å². The van der Waals surface area contributed by atoms with Crippen LogP contribution in [0.15, 0.2) is 535 Å². The molecule has 668 valence electrons. The molecule has 143 heavy (non-hydrogen) atoms. The van der Waals surface area contributed by atoms with Gasteiger partial charge >= 0.3 is 0 Å². The maximum absolute atomic E-state index is 5.12. The number of imidazole rings is 1. The summed E-state index contributed by atoms with van der Waals surface area (Å²) in [6.07, 6.45) is 15.0. The van der Waals surface area contributed by atoms with Crippen LogP contribution in [0.4, 0.5) is 0 Å². The number of nitrogens with zero attached hydrogens (tertiary/aromatic N) is 8. The van der Waals surface area contributed by atoms with E-state index in [4.69, 9.17) is 15.0 Å². The van der Waals surface area contributed by atoms with E-state index in [1.807, 2.05) is 73.6 Å². The molecule has 0 aliphatic carbocycles. The summed E-state index contributed by atoms with van der Waals surface area (Å²) in [5.41, 5.74) is 33.8. The Kier molecular flexibility index (Phi) is 22.6. The van der Waals surface area contributed by atoms with Gasteiger partial charge in [0, 0.05) is 72.0 Å². The van der Waals surface area contributed by atoms with Crippen LogP contribution < -0.4 is 0 Å². The van der Waals surface area contributed by atoms with Crippen molar-refractivity contribution in [1.82, 2.24) is 39.5 Å². The van der Waals surface area contributed by atoms with Crippen molar-refractivity contribution < 1.29 is 0 Å². The van der Waals surface area contributed by atoms with Gasteiger partial charge in [0.2, 0.25) is 0 Å². The smallest absolute Gasteiger partial charge is 0.145 e. The summed E-state index contributed by atoms with van der Waals surface area (Å²) in [7, 11) is 0. The van der Waals surface area contributed by atoms with Crippen molar-refractivity contribution in [3.63, 3.8) is 0 Å². The molecule has 0 N–H and O–H groups in total. The number of pyridine rings is 6. The molecule has 0 aliphatic heterocycles. The Morgan fingerprint density at radius 1 is 0.154 bits per heavy atom. The van der Waals surface area contributed by atoms with Gasteiger partial charge in [-0.1, -0.05) is 358 Å². The lowest BCUT2D eigenvalue weighted by Gasteiger charge is -2.19. The van der Waals surface area contributed by atoms with E-state index >= 15 is 0 Å². The number of benzene rings is 20. The second-order valence-corrected chi connectivity index (χ2v) is 36.1. The van der Waals surface area contributed by atoms with Crippen LogP contribution in [-0.4, -0.2) is 39.5 Å². The lowest BCUT2D eigenvalue weighted by Crippen LogP contribution is -1.97. The lowest BCUT2D eigenvalue weighted by atomic mass is 9.84. The van der Waals surface area contributed by atoms with Crippen molar-refractivity contribution >= 4 is 97.2 Å². The summed E-state index contributed by atoms with van der Waals surface area (Å²) in [5.74, 6) is 0.933. The quantitative estimate of drug-likeness (QED) is 0.0944. The Bertz CT molecular complexity index is 9460. The van der Waals surface area contributed by atoms with Gasteiger partial charge in [-0.25, -0.2) is 4.98 Å². The number of aromatic nitrogens is 8. The molecule has 0 saturated carbocycles. The second kappa shape index (κ2) is 37.7. The van der Waals surface area contributed by atoms with Gasteiger partial charge in [-0.05, 0) is 325 Å². The molecule has 0 radical (unpaired) electrons. The number of para-hydroxylation sites is 3. The highest BCUT2D eigenvalue weighted by Crippen LogP contribution is 2.51. The minimum absolute atomic E-state index is 0.851. The standard InChI is InChI=1S/C53H34N2.C42H28N2.C40H26N4/c1-2-16-44(17-3-1)55-50-21-11-10-20-49(50)54-53(55)38-26-22-37(23-27-38)41-30-31-47-48(34-41)52(43-29-25-36-13-5-7-15-40(36)33-43)46-19-9-8-18-45(46)51(47)42-28-24-35-12-4-6-14-39(35)32-42;1-2-8-29(9-3-1)34-16-17-39-40(28-34)42(36-13-7-11-33(27-36)31-20-24-44-25-21-31)38-15-5-4-14-37(38)41(39)35-12-6-10-32(26-35)30-18-22-43-23-19-30;1-2-10-27(11-3-1)28-16-19-33-34(24-28)40(30-18-21-38(44-26-30)36-15-7-9-23-42-36)32-13-5-4-12-31(32)39(33)29-17-20-37(43-25-29)35-14-6-8-22-41-35/h1-34H;1-28H;1-26H. The molecule has 0 spiro atoms. The summed E-state index contributed by atoms with van der Waals surface area (Å²) in [6.45, 7) is 0. The zero-order valence-electron chi connectivity index (χ0n) is 77.9. The number of fused-ring (bicyclic) bond motifs is 9. The van der Waals surface area contributed by atoms with Crippen LogP contribution in [0.25, 0.3) is 259 Å². The van der Waals surface area contributed by atoms with Gasteiger partial charge in [-0.2, -0.15) is 0 Å². The average Bonchev–Trinajstić information content (AvgIpc) is 1.12. The van der Waals surface area contributed by atoms with Crippen LogP contribution in [0.2, 0.25) is 0 Å². The Labute approximate surface area is 828 Å². The first kappa shape index (κ1) is 85.5. The average molecular weight is 1820 g/mol. The highest BCUT2D eigenvalue weighted by molar-refractivity contribution is 6.26. The fourth-order valence-corrected chi connectivity index (χ4v) is 21.0. The molecular weight excluding hydrogens is 1730 g/mol. The monoisotopic (exact) mass is 1820 g/mol. The van der Waals surface area contributed by atoms with Crippen molar-refractivity contribution in [3.8, 4) is 162 Å². The molecule has 0 bridgehead atoms. The SMILES string of the molecule is c1ccc(-c2ccc3c(-c4ccc(-c5ccccn5)nc4)c4ccccc4c(-c4ccc(-c5ccccn5)nc4)c3c2)cc1.c1ccc(-c2ccc3c(-c4cccc(-c5ccncc5)c4)c4ccccc4c(-c4cccc(-c5ccncc5)c4)c3c2)cc1.c1ccc(-n2c(-c3ccc(-c4ccc5c(-c6ccc7ccccc7c6)c6ccccc6c(-c6ccc7ccccc7c6)c5c4)cc3)nc3ccccc32)cc1. The molecule has 0 aliphatic rings. The first-order chi connectivity index (χ1) is 70.9. The summed E-state index contributed by atoms with van der Waals surface area (Å²) in [4.78, 5) is 32.3. The highest BCUT2D eigenvalue weighted by atomic mass is 15.1. The van der Waals surface area contributed by atoms with Gasteiger partial charge in [0.15, 0.2) is 0 Å². The van der Waals surface area contributed by atoms with Gasteiger partial charge in [0.1, 0.15) is 5.82 Å². The molecule has 0 saturated heterocycles. The van der Waals surface area contributed by atoms with E-state index in [0.29, 0.717) is 0 Å². The minimum atomic E-state index is 0.851. The van der Waals surface area contributed by atoms with Crippen LogP contribution in [0.3, 0.4) is 0 Å². The predicted octanol–water partition coefficient (Wildman–Crippen LogP) is 35.3. The van der Waals surface area contributed by atoms with Crippen LogP contribution >= 0.6 is 0 Å².